The Kier molecular flexibility index (Phi) is 20.2. The van der Waals surface area contributed by atoms with E-state index in [1.54, 1.807) is 60.4 Å². The van der Waals surface area contributed by atoms with Gasteiger partial charge in [-0.2, -0.15) is 0 Å². The highest BCUT2D eigenvalue weighted by Crippen LogP contribution is 2.39. The van der Waals surface area contributed by atoms with Crippen molar-refractivity contribution in [3.05, 3.63) is 59.7 Å². The normalized spacial score (nSPS) is 25.6. The number of amides is 7. The van der Waals surface area contributed by atoms with Crippen LogP contribution in [-0.4, -0.2) is 194 Å². The van der Waals surface area contributed by atoms with E-state index in [0.717, 1.165) is 25.7 Å². The molecular weight excluding hydrogens is 1050 g/mol. The number of epoxide rings is 2. The van der Waals surface area contributed by atoms with E-state index in [1.807, 2.05) is 4.90 Å². The number of aliphatic hydroxyl groups is 1. The molecule has 0 bridgehead atoms. The van der Waals surface area contributed by atoms with Crippen LogP contribution in [0.2, 0.25) is 0 Å². The largest absolute Gasteiger partial charge is 0.497 e. The Morgan fingerprint density at radius 3 is 1.74 bits per heavy atom. The van der Waals surface area contributed by atoms with Crippen LogP contribution >= 0.6 is 0 Å². The number of likely N-dealkylation sites (tertiary alicyclic amines) is 1. The highest BCUT2D eigenvalue weighted by molar-refractivity contribution is 6.00. The van der Waals surface area contributed by atoms with Crippen molar-refractivity contribution >= 4 is 52.9 Å². The van der Waals surface area contributed by atoms with Gasteiger partial charge in [0.2, 0.25) is 41.4 Å². The average Bonchev–Trinajstić information content (AvgIpc) is 4.32. The van der Waals surface area contributed by atoms with Crippen LogP contribution in [0.1, 0.15) is 96.1 Å². The maximum absolute atomic E-state index is 14.8. The number of rotatable bonds is 29. The monoisotopic (exact) mass is 1130 g/mol. The standard InChI is InChI=1S/C58H80N8O15/c1-34(52(72)62-46(25-38-14-18-42(78-5)19-15-38)56(76)64-47(50(70)57(3)32-80-57)30-66-20-8-11-49(66)69)59-48(68)31-65-21-22-79-43(29-65)28-58(33-81-58)51(71)44(23-36-9-6-7-10-36)61-55(75)45(24-37-12-16-41(77-4)17-13-37)63-53(73)35(2)60-54(74)39-26-40(67)27-39/h12-19,34-36,39-40,43-47,67H,6-11,20-33H2,1-5H3,(H,59,68)(H,60,74)(H,61,75)(H,62,72)(H,63,73)(H,64,76). The van der Waals surface area contributed by atoms with Gasteiger partial charge < -0.3 is 65.6 Å². The summed E-state index contributed by atoms with van der Waals surface area (Å²) in [5.74, 6) is -3.20. The van der Waals surface area contributed by atoms with Crippen LogP contribution in [0, 0.1) is 11.8 Å². The van der Waals surface area contributed by atoms with Gasteiger partial charge in [0.05, 0.1) is 58.8 Å². The van der Waals surface area contributed by atoms with Gasteiger partial charge in [-0.05, 0) is 87.8 Å². The fourth-order valence-corrected chi connectivity index (χ4v) is 11.2. The Hall–Kier alpha value is -6.53. The van der Waals surface area contributed by atoms with E-state index in [4.69, 9.17) is 23.7 Å². The third-order valence-corrected chi connectivity index (χ3v) is 16.5. The number of ether oxygens (including phenoxy) is 5. The molecule has 2 aromatic rings. The van der Waals surface area contributed by atoms with Crippen molar-refractivity contribution in [2.75, 3.05) is 66.8 Å². The number of nitrogens with one attached hydrogen (secondary N) is 6. The van der Waals surface area contributed by atoms with Crippen molar-refractivity contribution < 1.29 is 71.9 Å². The summed E-state index contributed by atoms with van der Waals surface area (Å²) < 4.78 is 28.2. The van der Waals surface area contributed by atoms with E-state index in [-0.39, 0.29) is 88.0 Å². The third kappa shape index (κ3) is 16.4. The molecule has 2 aromatic carbocycles. The Morgan fingerprint density at radius 2 is 1.23 bits per heavy atom. The van der Waals surface area contributed by atoms with E-state index in [1.165, 1.54) is 28.1 Å². The second-order valence-corrected chi connectivity index (χ2v) is 23.0. The quantitative estimate of drug-likeness (QED) is 0.0536. The van der Waals surface area contributed by atoms with E-state index in [9.17, 15) is 48.3 Å². The molecule has 4 heterocycles. The summed E-state index contributed by atoms with van der Waals surface area (Å²) in [5.41, 5.74) is -0.993. The van der Waals surface area contributed by atoms with Crippen LogP contribution in [0.5, 0.6) is 11.5 Å². The van der Waals surface area contributed by atoms with Crippen LogP contribution in [-0.2, 0) is 70.2 Å². The Labute approximate surface area is 472 Å². The molecule has 9 atom stereocenters. The summed E-state index contributed by atoms with van der Waals surface area (Å²) in [7, 11) is 3.06. The van der Waals surface area contributed by atoms with Gasteiger partial charge in [-0.15, -0.1) is 0 Å². The molecule has 4 aliphatic heterocycles. The lowest BCUT2D eigenvalue weighted by molar-refractivity contribution is -0.137. The van der Waals surface area contributed by atoms with Gasteiger partial charge in [0.1, 0.15) is 47.3 Å². The molecule has 81 heavy (non-hydrogen) atoms. The molecule has 9 unspecified atom stereocenters. The van der Waals surface area contributed by atoms with Gasteiger partial charge in [-0.3, -0.25) is 48.1 Å². The first-order valence-electron chi connectivity index (χ1n) is 28.5. The number of hydrogen-bond donors (Lipinski definition) is 7. The van der Waals surface area contributed by atoms with Gasteiger partial charge in [0, 0.05) is 57.8 Å². The lowest BCUT2D eigenvalue weighted by atomic mass is 9.82. The first-order chi connectivity index (χ1) is 38.7. The molecule has 442 valence electrons. The molecule has 0 aromatic heterocycles. The van der Waals surface area contributed by atoms with E-state index < -0.39 is 95.1 Å². The lowest BCUT2D eigenvalue weighted by Gasteiger charge is -2.34. The first kappa shape index (κ1) is 60.6. The van der Waals surface area contributed by atoms with E-state index >= 15 is 0 Å². The van der Waals surface area contributed by atoms with Crippen molar-refractivity contribution in [1.29, 1.82) is 0 Å². The number of carbonyl (C=O) groups excluding carboxylic acids is 9. The molecule has 2 saturated carbocycles. The molecule has 0 spiro atoms. The lowest BCUT2D eigenvalue weighted by Crippen LogP contribution is -2.59. The SMILES string of the molecule is COc1ccc(CC(NC(=O)C(C)NC(=O)CN2CCOC(CC3(C(=O)C(CC4CCCC4)NC(=O)C(Cc4ccc(OC)cc4)NC(=O)C(C)NC(=O)C4CC(O)C4)CO3)C2)C(=O)NC(CN2CCCC2=O)C(=O)C2(C)CO2)cc1. The molecular formula is C58H80N8O15. The number of morpholine rings is 1. The molecule has 7 N–H and O–H groups in total. The zero-order valence-electron chi connectivity index (χ0n) is 47.1. The first-order valence-corrected chi connectivity index (χ1v) is 28.5. The topological polar surface area (TPSA) is 305 Å². The number of aliphatic hydroxyl groups excluding tert-OH is 1. The number of hydrogen-bond acceptors (Lipinski definition) is 16. The zero-order valence-corrected chi connectivity index (χ0v) is 47.1. The Morgan fingerprint density at radius 1 is 0.691 bits per heavy atom. The van der Waals surface area contributed by atoms with Crippen LogP contribution < -0.4 is 41.4 Å². The third-order valence-electron chi connectivity index (χ3n) is 16.5. The van der Waals surface area contributed by atoms with Crippen LogP contribution in [0.15, 0.2) is 48.5 Å². The Bertz CT molecular complexity index is 2600. The Balaban J connectivity index is 0.881. The minimum absolute atomic E-state index is 0.0229. The number of nitrogens with zero attached hydrogens (tertiary/aromatic N) is 2. The zero-order chi connectivity index (χ0) is 58.0. The number of methoxy groups -OCH3 is 2. The van der Waals surface area contributed by atoms with Gasteiger partial charge in [-0.1, -0.05) is 49.9 Å². The summed E-state index contributed by atoms with van der Waals surface area (Å²) in [4.78, 5) is 127. The average molecular weight is 1130 g/mol. The fourth-order valence-electron chi connectivity index (χ4n) is 11.2. The van der Waals surface area contributed by atoms with Crippen molar-refractivity contribution in [3.8, 4) is 11.5 Å². The summed E-state index contributed by atoms with van der Waals surface area (Å²) in [6.45, 7) is 6.04. The number of ketones is 2. The molecule has 23 nitrogen and oxygen atoms in total. The molecule has 23 heteroatoms. The van der Waals surface area contributed by atoms with Gasteiger partial charge in [0.15, 0.2) is 17.2 Å². The molecule has 6 aliphatic rings. The number of Topliss-reactive ketones (excluding diaryl/α,β-unsaturated/α-hetero) is 2. The molecule has 0 radical (unpaired) electrons. The van der Waals surface area contributed by atoms with Crippen LogP contribution in [0.25, 0.3) is 0 Å². The summed E-state index contributed by atoms with van der Waals surface area (Å²) in [6.07, 6.45) is 4.86. The highest BCUT2D eigenvalue weighted by Gasteiger charge is 2.56. The van der Waals surface area contributed by atoms with Crippen molar-refractivity contribution in [3.63, 3.8) is 0 Å². The summed E-state index contributed by atoms with van der Waals surface area (Å²) in [6, 6.07) is 7.48. The molecule has 8 rings (SSSR count). The molecule has 7 amide bonds. The smallest absolute Gasteiger partial charge is 0.243 e. The van der Waals surface area contributed by atoms with Crippen molar-refractivity contribution in [2.45, 2.75) is 157 Å². The van der Waals surface area contributed by atoms with Gasteiger partial charge in [0.25, 0.3) is 0 Å². The number of carbonyl (C=O) groups is 9. The molecule has 2 aliphatic carbocycles. The predicted octanol–water partition coefficient (Wildman–Crippen LogP) is 0.198. The minimum Gasteiger partial charge on any atom is -0.497 e. The highest BCUT2D eigenvalue weighted by atomic mass is 16.6. The molecule has 6 fully saturated rings. The maximum Gasteiger partial charge on any atom is 0.243 e. The minimum atomic E-state index is -1.28. The van der Waals surface area contributed by atoms with Crippen molar-refractivity contribution in [2.24, 2.45) is 11.8 Å². The fraction of sp³-hybridized carbons (Fsp3) is 0.638. The van der Waals surface area contributed by atoms with Crippen LogP contribution in [0.3, 0.4) is 0 Å². The summed E-state index contributed by atoms with van der Waals surface area (Å²) >= 11 is 0. The van der Waals surface area contributed by atoms with E-state index in [0.29, 0.717) is 67.8 Å². The molecule has 4 saturated heterocycles. The van der Waals surface area contributed by atoms with Crippen LogP contribution in [0.4, 0.5) is 0 Å². The number of benzene rings is 2. The van der Waals surface area contributed by atoms with E-state index in [2.05, 4.69) is 31.9 Å². The van der Waals surface area contributed by atoms with Gasteiger partial charge >= 0.3 is 0 Å². The predicted molar refractivity (Wildman–Crippen MR) is 291 cm³/mol. The maximum atomic E-state index is 14.8. The second-order valence-electron chi connectivity index (χ2n) is 23.0. The van der Waals surface area contributed by atoms with Crippen molar-refractivity contribution in [1.82, 2.24) is 41.7 Å². The summed E-state index contributed by atoms with van der Waals surface area (Å²) in [5, 5.41) is 26.6. The van der Waals surface area contributed by atoms with Gasteiger partial charge in [-0.25, -0.2) is 0 Å². The second kappa shape index (κ2) is 27.0.